The Balaban J connectivity index is 2.30. The average Bonchev–Trinajstić information content (AvgIpc) is 2.67. The predicted octanol–water partition coefficient (Wildman–Crippen LogP) is 2.98. The zero-order valence-electron chi connectivity index (χ0n) is 10.3. The minimum atomic E-state index is -0.472. The lowest BCUT2D eigenvalue weighted by atomic mass is 10.2. The molecule has 0 atom stereocenters. The van der Waals surface area contributed by atoms with Crippen LogP contribution in [0.15, 0.2) is 41.8 Å². The lowest BCUT2D eigenvalue weighted by molar-refractivity contribution is -0.384. The zero-order chi connectivity index (χ0) is 14.7. The smallest absolute Gasteiger partial charge is 0.270 e. The molecule has 1 amide bonds. The van der Waals surface area contributed by atoms with Crippen molar-refractivity contribution in [2.45, 2.75) is 0 Å². The van der Waals surface area contributed by atoms with Crippen LogP contribution in [0, 0.1) is 10.1 Å². The van der Waals surface area contributed by atoms with Crippen molar-refractivity contribution in [3.8, 4) is 0 Å². The standard InChI is InChI=1S/C13H10N2O3S2/c1-2-6-14-12(16)11(20-13(14)19)8-9-4-3-5-10(7-9)15(17)18/h2-5,7-8H,1,6H2. The number of non-ortho nitro benzene ring substituents is 1. The molecule has 7 heteroatoms. The van der Waals surface area contributed by atoms with Gasteiger partial charge in [-0.15, -0.1) is 6.58 Å². The van der Waals surface area contributed by atoms with Gasteiger partial charge in [0.25, 0.3) is 11.6 Å². The third kappa shape index (κ3) is 2.94. The molecule has 2 rings (SSSR count). The maximum atomic E-state index is 12.1. The van der Waals surface area contributed by atoms with Crippen LogP contribution in [-0.4, -0.2) is 26.6 Å². The maximum absolute atomic E-state index is 12.1. The van der Waals surface area contributed by atoms with Crippen molar-refractivity contribution in [2.75, 3.05) is 6.54 Å². The monoisotopic (exact) mass is 306 g/mol. The molecule has 5 nitrogen and oxygen atoms in total. The van der Waals surface area contributed by atoms with E-state index in [2.05, 4.69) is 6.58 Å². The highest BCUT2D eigenvalue weighted by Crippen LogP contribution is 2.32. The van der Waals surface area contributed by atoms with Gasteiger partial charge >= 0.3 is 0 Å². The first-order chi connectivity index (χ1) is 9.52. The number of nitro benzene ring substituents is 1. The third-order valence-electron chi connectivity index (χ3n) is 2.56. The van der Waals surface area contributed by atoms with Crippen LogP contribution in [0.2, 0.25) is 0 Å². The van der Waals surface area contributed by atoms with Crippen LogP contribution >= 0.6 is 24.0 Å². The van der Waals surface area contributed by atoms with E-state index in [1.165, 1.54) is 28.8 Å². The molecule has 1 heterocycles. The molecule has 0 spiro atoms. The number of hydrogen-bond donors (Lipinski definition) is 0. The molecule has 0 bridgehead atoms. The highest BCUT2D eigenvalue weighted by atomic mass is 32.2. The Bertz CT molecular complexity index is 640. The highest BCUT2D eigenvalue weighted by Gasteiger charge is 2.30. The molecule has 0 unspecified atom stereocenters. The van der Waals surface area contributed by atoms with E-state index >= 15 is 0 Å². The second-order valence-corrected chi connectivity index (χ2v) is 5.61. The second-order valence-electron chi connectivity index (χ2n) is 3.93. The first-order valence-corrected chi connectivity index (χ1v) is 6.86. The molecule has 0 aromatic heterocycles. The van der Waals surface area contributed by atoms with Gasteiger partial charge in [0.2, 0.25) is 0 Å². The number of benzene rings is 1. The minimum absolute atomic E-state index is 0.0136. The SMILES string of the molecule is C=CCN1C(=O)C(=Cc2cccc([N+](=O)[O-])c2)SC1=S. The summed E-state index contributed by atoms with van der Waals surface area (Å²) in [5.74, 6) is -0.202. The van der Waals surface area contributed by atoms with Crippen molar-refractivity contribution in [3.63, 3.8) is 0 Å². The molecule has 1 saturated heterocycles. The second kappa shape index (κ2) is 5.98. The van der Waals surface area contributed by atoms with Crippen molar-refractivity contribution in [1.82, 2.24) is 4.90 Å². The van der Waals surface area contributed by atoms with Crippen molar-refractivity contribution in [3.05, 3.63) is 57.5 Å². The van der Waals surface area contributed by atoms with Crippen molar-refractivity contribution < 1.29 is 9.72 Å². The summed E-state index contributed by atoms with van der Waals surface area (Å²) in [5.41, 5.74) is 0.582. The Morgan fingerprint density at radius 3 is 2.90 bits per heavy atom. The van der Waals surface area contributed by atoms with Crippen molar-refractivity contribution in [1.29, 1.82) is 0 Å². The molecule has 1 aliphatic heterocycles. The molecular formula is C13H10N2O3S2. The normalized spacial score (nSPS) is 16.8. The van der Waals surface area contributed by atoms with E-state index in [-0.39, 0.29) is 11.6 Å². The van der Waals surface area contributed by atoms with E-state index in [0.717, 1.165) is 0 Å². The fourth-order valence-electron chi connectivity index (χ4n) is 1.67. The van der Waals surface area contributed by atoms with E-state index in [9.17, 15) is 14.9 Å². The molecule has 0 aliphatic carbocycles. The van der Waals surface area contributed by atoms with Crippen LogP contribution in [0.1, 0.15) is 5.56 Å². The van der Waals surface area contributed by atoms with Gasteiger partial charge in [-0.05, 0) is 11.6 Å². The number of thioether (sulfide) groups is 1. The minimum Gasteiger partial charge on any atom is -0.289 e. The predicted molar refractivity (Wildman–Crippen MR) is 83.2 cm³/mol. The first kappa shape index (κ1) is 14.4. The van der Waals surface area contributed by atoms with E-state index in [1.54, 1.807) is 24.3 Å². The zero-order valence-corrected chi connectivity index (χ0v) is 11.9. The van der Waals surface area contributed by atoms with E-state index in [4.69, 9.17) is 12.2 Å². The number of carbonyl (C=O) groups is 1. The van der Waals surface area contributed by atoms with Crippen molar-refractivity contribution >= 4 is 46.0 Å². The lowest BCUT2D eigenvalue weighted by Crippen LogP contribution is -2.27. The molecule has 0 radical (unpaired) electrons. The third-order valence-corrected chi connectivity index (χ3v) is 3.94. The Morgan fingerprint density at radius 2 is 2.25 bits per heavy atom. The summed E-state index contributed by atoms with van der Waals surface area (Å²) in [5, 5.41) is 10.7. The van der Waals surface area contributed by atoms with Gasteiger partial charge in [-0.2, -0.15) is 0 Å². The Kier molecular flexibility index (Phi) is 4.31. The molecule has 1 aromatic rings. The Morgan fingerprint density at radius 1 is 1.50 bits per heavy atom. The van der Waals surface area contributed by atoms with E-state index in [1.807, 2.05) is 0 Å². The summed E-state index contributed by atoms with van der Waals surface area (Å²) >= 11 is 6.30. The van der Waals surface area contributed by atoms with Crippen molar-refractivity contribution in [2.24, 2.45) is 0 Å². The van der Waals surface area contributed by atoms with Gasteiger partial charge in [0.05, 0.1) is 9.83 Å². The fraction of sp³-hybridized carbons (Fsp3) is 0.0769. The van der Waals surface area contributed by atoms with Crippen LogP contribution < -0.4 is 0 Å². The molecule has 1 fully saturated rings. The van der Waals surface area contributed by atoms with Gasteiger partial charge in [0.1, 0.15) is 4.32 Å². The summed E-state index contributed by atoms with van der Waals surface area (Å²) < 4.78 is 0.464. The number of thiocarbonyl (C=S) groups is 1. The topological polar surface area (TPSA) is 63.5 Å². The maximum Gasteiger partial charge on any atom is 0.270 e. The Labute approximate surface area is 125 Å². The molecule has 1 aliphatic rings. The average molecular weight is 306 g/mol. The van der Waals surface area contributed by atoms with Gasteiger partial charge in [0, 0.05) is 18.7 Å². The molecular weight excluding hydrogens is 296 g/mol. The molecule has 0 N–H and O–H groups in total. The molecule has 102 valence electrons. The van der Waals surface area contributed by atoms with Crippen LogP contribution in [-0.2, 0) is 4.79 Å². The summed E-state index contributed by atoms with van der Waals surface area (Å²) in [4.78, 5) is 24.2. The summed E-state index contributed by atoms with van der Waals surface area (Å²) in [6, 6.07) is 6.10. The lowest BCUT2D eigenvalue weighted by Gasteiger charge is -2.10. The van der Waals surface area contributed by atoms with Crippen LogP contribution in [0.25, 0.3) is 6.08 Å². The molecule has 0 saturated carbocycles. The first-order valence-electron chi connectivity index (χ1n) is 5.63. The molecule has 20 heavy (non-hydrogen) atoms. The number of carbonyl (C=O) groups excluding carboxylic acids is 1. The van der Waals surface area contributed by atoms with Crippen LogP contribution in [0.4, 0.5) is 5.69 Å². The van der Waals surface area contributed by atoms with Gasteiger partial charge in [0.15, 0.2) is 0 Å². The number of hydrogen-bond acceptors (Lipinski definition) is 5. The van der Waals surface area contributed by atoms with E-state index < -0.39 is 4.92 Å². The van der Waals surface area contributed by atoms with Crippen LogP contribution in [0.3, 0.4) is 0 Å². The number of rotatable bonds is 4. The quantitative estimate of drug-likeness (QED) is 0.281. The number of amides is 1. The number of nitro groups is 1. The van der Waals surface area contributed by atoms with E-state index in [0.29, 0.717) is 21.3 Å². The Hall–Kier alpha value is -1.99. The number of nitrogens with zero attached hydrogens (tertiary/aromatic N) is 2. The van der Waals surface area contributed by atoms with Gasteiger partial charge in [-0.25, -0.2) is 0 Å². The highest BCUT2D eigenvalue weighted by molar-refractivity contribution is 8.26. The summed E-state index contributed by atoms with van der Waals surface area (Å²) in [6.07, 6.45) is 3.20. The van der Waals surface area contributed by atoms with Gasteiger partial charge in [-0.1, -0.05) is 42.2 Å². The summed E-state index contributed by atoms with van der Waals surface area (Å²) in [6.45, 7) is 3.93. The largest absolute Gasteiger partial charge is 0.289 e. The van der Waals surface area contributed by atoms with Gasteiger partial charge < -0.3 is 0 Å². The summed E-state index contributed by atoms with van der Waals surface area (Å²) in [7, 11) is 0. The fourth-order valence-corrected chi connectivity index (χ4v) is 2.94. The van der Waals surface area contributed by atoms with Crippen LogP contribution in [0.5, 0.6) is 0 Å². The molecule has 1 aromatic carbocycles. The van der Waals surface area contributed by atoms with Gasteiger partial charge in [-0.3, -0.25) is 19.8 Å².